The number of carbonyl (C=O) groups excluding carboxylic acids is 2. The first kappa shape index (κ1) is 23.3. The Morgan fingerprint density at radius 1 is 1.03 bits per heavy atom. The maximum Gasteiger partial charge on any atom is 0.343 e. The van der Waals surface area contributed by atoms with Crippen LogP contribution in [0.1, 0.15) is 15.9 Å². The van der Waals surface area contributed by atoms with E-state index in [1.807, 2.05) is 12.1 Å². The molecule has 32 heavy (non-hydrogen) atoms. The zero-order valence-electron chi connectivity index (χ0n) is 16.9. The molecule has 3 aromatic rings. The number of hydrazone groups is 1. The molecular weight excluding hydrogens is 500 g/mol. The molecule has 9 heteroatoms. The molecule has 164 valence electrons. The number of rotatable bonds is 8. The lowest BCUT2D eigenvalue weighted by Gasteiger charge is -2.10. The predicted molar refractivity (Wildman–Crippen MR) is 125 cm³/mol. The Morgan fingerprint density at radius 3 is 2.44 bits per heavy atom. The number of esters is 1. The standard InChI is InChI=1S/C23H18BrClN2O5/c1-30-21-12-15(2-11-20(21)32-23(29)16-3-7-18(25)8-4-16)13-26-27-22(28)14-31-19-9-5-17(24)6-10-19/h2-13H,14H2,1H3,(H,27,28)/b26-13+. The molecule has 0 bridgehead atoms. The van der Waals surface area contributed by atoms with Crippen LogP contribution < -0.4 is 19.6 Å². The molecule has 7 nitrogen and oxygen atoms in total. The molecule has 0 heterocycles. The minimum atomic E-state index is -0.542. The normalized spacial score (nSPS) is 10.6. The monoisotopic (exact) mass is 516 g/mol. The van der Waals surface area contributed by atoms with Gasteiger partial charge in [0.05, 0.1) is 18.9 Å². The SMILES string of the molecule is COc1cc(/C=N/NC(=O)COc2ccc(Br)cc2)ccc1OC(=O)c1ccc(Cl)cc1. The Balaban J connectivity index is 1.55. The predicted octanol–water partition coefficient (Wildman–Crippen LogP) is 4.86. The molecule has 1 amide bonds. The summed E-state index contributed by atoms with van der Waals surface area (Å²) < 4.78 is 17.0. The average molecular weight is 518 g/mol. The molecule has 0 fully saturated rings. The van der Waals surface area contributed by atoms with Crippen LogP contribution in [0.4, 0.5) is 0 Å². The molecule has 0 atom stereocenters. The second kappa shape index (κ2) is 11.3. The number of methoxy groups -OCH3 is 1. The summed E-state index contributed by atoms with van der Waals surface area (Å²) in [6.45, 7) is -0.179. The van der Waals surface area contributed by atoms with Crippen LogP contribution in [0.3, 0.4) is 0 Å². The molecule has 0 aliphatic carbocycles. The van der Waals surface area contributed by atoms with Crippen LogP contribution in [0, 0.1) is 0 Å². The summed E-state index contributed by atoms with van der Waals surface area (Å²) >= 11 is 9.16. The quantitative estimate of drug-likeness (QED) is 0.200. The number of nitrogens with one attached hydrogen (secondary N) is 1. The second-order valence-electron chi connectivity index (χ2n) is 6.34. The number of carbonyl (C=O) groups is 2. The summed E-state index contributed by atoms with van der Waals surface area (Å²) in [4.78, 5) is 24.2. The van der Waals surface area contributed by atoms with Gasteiger partial charge in [-0.2, -0.15) is 5.10 Å². The van der Waals surface area contributed by atoms with Gasteiger partial charge in [-0.05, 0) is 72.3 Å². The maximum absolute atomic E-state index is 12.3. The second-order valence-corrected chi connectivity index (χ2v) is 7.69. The molecule has 0 saturated heterocycles. The molecule has 0 radical (unpaired) electrons. The van der Waals surface area contributed by atoms with Crippen LogP contribution in [0.2, 0.25) is 5.02 Å². The van der Waals surface area contributed by atoms with Gasteiger partial charge in [0.25, 0.3) is 5.91 Å². The highest BCUT2D eigenvalue weighted by molar-refractivity contribution is 9.10. The summed E-state index contributed by atoms with van der Waals surface area (Å²) in [6.07, 6.45) is 1.44. The van der Waals surface area contributed by atoms with Gasteiger partial charge in [0.1, 0.15) is 5.75 Å². The first-order valence-electron chi connectivity index (χ1n) is 9.30. The molecular formula is C23H18BrClN2O5. The first-order valence-corrected chi connectivity index (χ1v) is 10.5. The van der Waals surface area contributed by atoms with Crippen LogP contribution in [0.15, 0.2) is 76.3 Å². The van der Waals surface area contributed by atoms with Gasteiger partial charge in [-0.3, -0.25) is 4.79 Å². The fourth-order valence-electron chi connectivity index (χ4n) is 2.48. The molecule has 3 aromatic carbocycles. The van der Waals surface area contributed by atoms with Gasteiger partial charge in [-0.25, -0.2) is 10.2 Å². The largest absolute Gasteiger partial charge is 0.493 e. The van der Waals surface area contributed by atoms with Crippen molar-refractivity contribution in [3.05, 3.63) is 87.4 Å². The number of hydrogen-bond donors (Lipinski definition) is 1. The summed E-state index contributed by atoms with van der Waals surface area (Å²) in [5.41, 5.74) is 3.37. The first-order chi connectivity index (χ1) is 15.4. The average Bonchev–Trinajstić information content (AvgIpc) is 2.80. The van der Waals surface area contributed by atoms with Crippen LogP contribution >= 0.6 is 27.5 Å². The highest BCUT2D eigenvalue weighted by atomic mass is 79.9. The third kappa shape index (κ3) is 6.83. The smallest absolute Gasteiger partial charge is 0.343 e. The Hall–Kier alpha value is -3.36. The van der Waals surface area contributed by atoms with Gasteiger partial charge in [0.15, 0.2) is 18.1 Å². The molecule has 0 aromatic heterocycles. The topological polar surface area (TPSA) is 86.2 Å². The van der Waals surface area contributed by atoms with E-state index >= 15 is 0 Å². The van der Waals surface area contributed by atoms with Crippen molar-refractivity contribution in [3.63, 3.8) is 0 Å². The number of amides is 1. The zero-order valence-corrected chi connectivity index (χ0v) is 19.2. The Morgan fingerprint density at radius 2 is 1.75 bits per heavy atom. The van der Waals surface area contributed by atoms with E-state index in [0.29, 0.717) is 27.6 Å². The van der Waals surface area contributed by atoms with Gasteiger partial charge in [-0.1, -0.05) is 27.5 Å². The van der Waals surface area contributed by atoms with E-state index in [1.165, 1.54) is 13.3 Å². The molecule has 3 rings (SSSR count). The van der Waals surface area contributed by atoms with Crippen molar-refractivity contribution in [1.82, 2.24) is 5.43 Å². The van der Waals surface area contributed by atoms with E-state index in [9.17, 15) is 9.59 Å². The summed E-state index contributed by atoms with van der Waals surface area (Å²) in [5.74, 6) is 0.197. The zero-order chi connectivity index (χ0) is 22.9. The molecule has 0 saturated carbocycles. The minimum absolute atomic E-state index is 0.179. The Bertz CT molecular complexity index is 1120. The van der Waals surface area contributed by atoms with E-state index < -0.39 is 11.9 Å². The maximum atomic E-state index is 12.3. The summed E-state index contributed by atoms with van der Waals surface area (Å²) in [5, 5.41) is 4.42. The van der Waals surface area contributed by atoms with E-state index in [2.05, 4.69) is 26.5 Å². The van der Waals surface area contributed by atoms with Crippen molar-refractivity contribution in [3.8, 4) is 17.2 Å². The lowest BCUT2D eigenvalue weighted by atomic mass is 10.2. The van der Waals surface area contributed by atoms with Crippen LogP contribution in [-0.4, -0.2) is 31.8 Å². The Kier molecular flexibility index (Phi) is 8.24. The van der Waals surface area contributed by atoms with Crippen molar-refractivity contribution in [2.24, 2.45) is 5.10 Å². The number of nitrogens with zero attached hydrogens (tertiary/aromatic N) is 1. The third-order valence-electron chi connectivity index (χ3n) is 4.06. The van der Waals surface area contributed by atoms with E-state index in [0.717, 1.165) is 4.47 Å². The fourth-order valence-corrected chi connectivity index (χ4v) is 2.87. The van der Waals surface area contributed by atoms with Crippen molar-refractivity contribution < 1.29 is 23.8 Å². The lowest BCUT2D eigenvalue weighted by Crippen LogP contribution is -2.24. The van der Waals surface area contributed by atoms with Crippen LogP contribution in [0.5, 0.6) is 17.2 Å². The van der Waals surface area contributed by atoms with Crippen LogP contribution in [-0.2, 0) is 4.79 Å². The number of halogens is 2. The number of benzene rings is 3. The number of ether oxygens (including phenoxy) is 3. The lowest BCUT2D eigenvalue weighted by molar-refractivity contribution is -0.123. The van der Waals surface area contributed by atoms with Crippen molar-refractivity contribution >= 4 is 45.6 Å². The van der Waals surface area contributed by atoms with E-state index in [4.69, 9.17) is 25.8 Å². The van der Waals surface area contributed by atoms with E-state index in [1.54, 1.807) is 54.6 Å². The third-order valence-corrected chi connectivity index (χ3v) is 4.84. The van der Waals surface area contributed by atoms with Gasteiger partial charge in [0, 0.05) is 9.50 Å². The highest BCUT2D eigenvalue weighted by Gasteiger charge is 2.13. The highest BCUT2D eigenvalue weighted by Crippen LogP contribution is 2.28. The van der Waals surface area contributed by atoms with E-state index in [-0.39, 0.29) is 12.4 Å². The summed E-state index contributed by atoms with van der Waals surface area (Å²) in [6, 6.07) is 18.3. The van der Waals surface area contributed by atoms with Gasteiger partial charge < -0.3 is 14.2 Å². The molecule has 0 spiro atoms. The molecule has 0 unspecified atom stereocenters. The van der Waals surface area contributed by atoms with Crippen molar-refractivity contribution in [2.45, 2.75) is 0 Å². The minimum Gasteiger partial charge on any atom is -0.493 e. The fraction of sp³-hybridized carbons (Fsp3) is 0.0870. The Labute approximate surface area is 198 Å². The van der Waals surface area contributed by atoms with Crippen molar-refractivity contribution in [2.75, 3.05) is 13.7 Å². The van der Waals surface area contributed by atoms with Gasteiger partial charge in [-0.15, -0.1) is 0 Å². The number of hydrogen-bond acceptors (Lipinski definition) is 6. The van der Waals surface area contributed by atoms with Crippen LogP contribution in [0.25, 0.3) is 0 Å². The summed E-state index contributed by atoms with van der Waals surface area (Å²) in [7, 11) is 1.46. The van der Waals surface area contributed by atoms with Gasteiger partial charge >= 0.3 is 5.97 Å². The molecule has 0 aliphatic rings. The molecule has 0 aliphatic heterocycles. The van der Waals surface area contributed by atoms with Gasteiger partial charge in [0.2, 0.25) is 0 Å². The van der Waals surface area contributed by atoms with Crippen molar-refractivity contribution in [1.29, 1.82) is 0 Å². The molecule has 1 N–H and O–H groups in total.